The molecule has 6 nitrogen and oxygen atoms in total. The van der Waals surface area contributed by atoms with E-state index in [0.29, 0.717) is 0 Å². The molecule has 2 rings (SSSR count). The molecule has 6 heteroatoms. The van der Waals surface area contributed by atoms with Gasteiger partial charge >= 0.3 is 0 Å². The van der Waals surface area contributed by atoms with Crippen LogP contribution in [-0.2, 0) is 13.1 Å². The molecule has 0 saturated heterocycles. The molecule has 0 unspecified atom stereocenters. The summed E-state index contributed by atoms with van der Waals surface area (Å²) < 4.78 is 0. The third kappa shape index (κ3) is 8.17. The standard InChI is InChI=1S/C30H46N4O2/c1-9-33(10-2)19-25-13-21(5)29(35)27(15-25)17-31-23(7)24(8)32-18-28-16-26(14-22(6)30(28)36)20-34(11-3)12-4/h13-18,23-24,35-36H,9-12,19-20H2,1-8H3/t23-,24-/m1/s1. The van der Waals surface area contributed by atoms with Crippen LogP contribution in [0.3, 0.4) is 0 Å². The Morgan fingerprint density at radius 2 is 1.00 bits per heavy atom. The second-order valence-corrected chi connectivity index (χ2v) is 9.66. The van der Waals surface area contributed by atoms with E-state index in [1.807, 2.05) is 52.0 Å². The zero-order valence-electron chi connectivity index (χ0n) is 23.5. The minimum atomic E-state index is -0.0884. The molecule has 2 aromatic rings. The van der Waals surface area contributed by atoms with E-state index < -0.39 is 0 Å². The second-order valence-electron chi connectivity index (χ2n) is 9.66. The zero-order valence-corrected chi connectivity index (χ0v) is 23.5. The van der Waals surface area contributed by atoms with Crippen molar-refractivity contribution in [2.75, 3.05) is 26.2 Å². The number of phenols is 2. The zero-order chi connectivity index (χ0) is 26.8. The third-order valence-electron chi connectivity index (χ3n) is 6.98. The van der Waals surface area contributed by atoms with Crippen LogP contribution in [0.4, 0.5) is 0 Å². The molecule has 198 valence electrons. The highest BCUT2D eigenvalue weighted by atomic mass is 16.3. The molecule has 0 fully saturated rings. The van der Waals surface area contributed by atoms with Crippen molar-refractivity contribution in [3.8, 4) is 11.5 Å². The Bertz CT molecular complexity index is 956. The number of rotatable bonds is 13. The summed E-state index contributed by atoms with van der Waals surface area (Å²) in [6.45, 7) is 22.2. The van der Waals surface area contributed by atoms with Gasteiger partial charge in [-0.05, 0) is 88.3 Å². The maximum absolute atomic E-state index is 10.6. The van der Waals surface area contributed by atoms with E-state index in [9.17, 15) is 10.2 Å². The number of hydrogen-bond donors (Lipinski definition) is 2. The molecule has 2 aromatic carbocycles. The molecule has 0 radical (unpaired) electrons. The molecule has 0 amide bonds. The van der Waals surface area contributed by atoms with Gasteiger partial charge in [-0.2, -0.15) is 0 Å². The van der Waals surface area contributed by atoms with E-state index in [1.165, 1.54) is 11.1 Å². The Labute approximate surface area is 218 Å². The first-order chi connectivity index (χ1) is 17.1. The van der Waals surface area contributed by atoms with Crippen molar-refractivity contribution in [2.45, 2.75) is 80.6 Å². The van der Waals surface area contributed by atoms with Crippen LogP contribution in [0, 0.1) is 13.8 Å². The number of hydrogen-bond acceptors (Lipinski definition) is 6. The van der Waals surface area contributed by atoms with Gasteiger partial charge < -0.3 is 10.2 Å². The molecule has 0 heterocycles. The minimum Gasteiger partial charge on any atom is -0.507 e. The van der Waals surface area contributed by atoms with Gasteiger partial charge in [0.05, 0.1) is 12.1 Å². The fourth-order valence-corrected chi connectivity index (χ4v) is 4.20. The smallest absolute Gasteiger partial charge is 0.127 e. The molecular formula is C30H46N4O2. The molecule has 2 N–H and O–H groups in total. The van der Waals surface area contributed by atoms with Crippen molar-refractivity contribution < 1.29 is 10.2 Å². The summed E-state index contributed by atoms with van der Waals surface area (Å²) in [4.78, 5) is 14.1. The predicted molar refractivity (Wildman–Crippen MR) is 153 cm³/mol. The van der Waals surface area contributed by atoms with Gasteiger partial charge in [0.1, 0.15) is 11.5 Å². The highest BCUT2D eigenvalue weighted by molar-refractivity contribution is 5.85. The summed E-state index contributed by atoms with van der Waals surface area (Å²) in [6, 6.07) is 7.96. The lowest BCUT2D eigenvalue weighted by molar-refractivity contribution is 0.295. The van der Waals surface area contributed by atoms with E-state index in [0.717, 1.165) is 61.5 Å². The number of nitrogens with zero attached hydrogens (tertiary/aromatic N) is 4. The number of aromatic hydroxyl groups is 2. The lowest BCUT2D eigenvalue weighted by Crippen LogP contribution is -2.22. The molecule has 36 heavy (non-hydrogen) atoms. The highest BCUT2D eigenvalue weighted by Crippen LogP contribution is 2.25. The Kier molecular flexibility index (Phi) is 11.6. The lowest BCUT2D eigenvalue weighted by Gasteiger charge is -2.19. The van der Waals surface area contributed by atoms with Crippen molar-refractivity contribution in [1.82, 2.24) is 9.80 Å². The summed E-state index contributed by atoms with van der Waals surface area (Å²) in [5.74, 6) is 0.548. The largest absolute Gasteiger partial charge is 0.507 e. The van der Waals surface area contributed by atoms with Crippen LogP contribution in [0.25, 0.3) is 0 Å². The Balaban J connectivity index is 2.18. The van der Waals surface area contributed by atoms with Crippen LogP contribution in [0.5, 0.6) is 11.5 Å². The Hall–Kier alpha value is -2.70. The first kappa shape index (κ1) is 29.5. The molecule has 0 bridgehead atoms. The first-order valence-corrected chi connectivity index (χ1v) is 13.3. The van der Waals surface area contributed by atoms with Gasteiger partial charge in [0, 0.05) is 36.6 Å². The van der Waals surface area contributed by atoms with E-state index in [2.05, 4.69) is 37.5 Å². The van der Waals surface area contributed by atoms with Gasteiger partial charge in [0.15, 0.2) is 0 Å². The van der Waals surface area contributed by atoms with Crippen molar-refractivity contribution in [2.24, 2.45) is 9.98 Å². The van der Waals surface area contributed by atoms with Crippen molar-refractivity contribution >= 4 is 12.4 Å². The molecule has 0 aromatic heterocycles. The van der Waals surface area contributed by atoms with Gasteiger partial charge in [-0.1, -0.05) is 39.8 Å². The lowest BCUT2D eigenvalue weighted by atomic mass is 10.0. The van der Waals surface area contributed by atoms with E-state index in [1.54, 1.807) is 12.4 Å². The fourth-order valence-electron chi connectivity index (χ4n) is 4.20. The van der Waals surface area contributed by atoms with Gasteiger partial charge in [-0.3, -0.25) is 19.8 Å². The molecule has 0 aliphatic carbocycles. The fraction of sp³-hybridized carbons (Fsp3) is 0.533. The molecule has 2 atom stereocenters. The van der Waals surface area contributed by atoms with Gasteiger partial charge in [-0.25, -0.2) is 0 Å². The van der Waals surface area contributed by atoms with Gasteiger partial charge in [0.25, 0.3) is 0 Å². The summed E-state index contributed by atoms with van der Waals surface area (Å²) in [6.07, 6.45) is 3.52. The predicted octanol–water partition coefficient (Wildman–Crippen LogP) is 5.71. The topological polar surface area (TPSA) is 71.7 Å². The molecule has 0 aliphatic rings. The minimum absolute atomic E-state index is 0.0884. The van der Waals surface area contributed by atoms with Crippen molar-refractivity contribution in [3.63, 3.8) is 0 Å². The average Bonchev–Trinajstić information content (AvgIpc) is 2.87. The van der Waals surface area contributed by atoms with Crippen LogP contribution in [0.2, 0.25) is 0 Å². The number of phenolic OH excluding ortho intramolecular Hbond substituents is 2. The molecular weight excluding hydrogens is 448 g/mol. The summed E-state index contributed by atoms with van der Waals surface area (Å²) in [5.41, 5.74) is 5.52. The third-order valence-corrected chi connectivity index (χ3v) is 6.98. The van der Waals surface area contributed by atoms with Gasteiger partial charge in [-0.15, -0.1) is 0 Å². The number of benzene rings is 2. The SMILES string of the molecule is CCN(CC)Cc1cc(C)c(O)c(C=N[C@H](C)[C@@H](C)N=Cc2cc(CN(CC)CC)cc(C)c2O)c1. The van der Waals surface area contributed by atoms with Crippen LogP contribution >= 0.6 is 0 Å². The van der Waals surface area contributed by atoms with Crippen molar-refractivity contribution in [3.05, 3.63) is 57.6 Å². The van der Waals surface area contributed by atoms with E-state index in [-0.39, 0.29) is 23.6 Å². The van der Waals surface area contributed by atoms with Crippen LogP contribution in [0.1, 0.15) is 74.9 Å². The van der Waals surface area contributed by atoms with Gasteiger partial charge in [0.2, 0.25) is 0 Å². The normalized spacial score (nSPS) is 13.9. The summed E-state index contributed by atoms with van der Waals surface area (Å²) >= 11 is 0. The summed E-state index contributed by atoms with van der Waals surface area (Å²) in [5, 5.41) is 21.2. The first-order valence-electron chi connectivity index (χ1n) is 13.3. The Morgan fingerprint density at radius 1 is 0.667 bits per heavy atom. The van der Waals surface area contributed by atoms with Crippen LogP contribution < -0.4 is 0 Å². The van der Waals surface area contributed by atoms with Crippen LogP contribution in [-0.4, -0.2) is 70.7 Å². The second kappa shape index (κ2) is 14.1. The maximum Gasteiger partial charge on any atom is 0.127 e. The van der Waals surface area contributed by atoms with E-state index in [4.69, 9.17) is 9.98 Å². The average molecular weight is 495 g/mol. The number of aryl methyl sites for hydroxylation is 2. The summed E-state index contributed by atoms with van der Waals surface area (Å²) in [7, 11) is 0. The van der Waals surface area contributed by atoms with Crippen LogP contribution in [0.15, 0.2) is 34.3 Å². The van der Waals surface area contributed by atoms with E-state index >= 15 is 0 Å². The maximum atomic E-state index is 10.6. The van der Waals surface area contributed by atoms with Crippen molar-refractivity contribution in [1.29, 1.82) is 0 Å². The monoisotopic (exact) mass is 494 g/mol. The molecule has 0 aliphatic heterocycles. The molecule has 0 saturated carbocycles. The quantitative estimate of drug-likeness (QED) is 0.350. The Morgan fingerprint density at radius 3 is 1.31 bits per heavy atom. The highest BCUT2D eigenvalue weighted by Gasteiger charge is 2.13. The number of aliphatic imine (C=N–C) groups is 2. The molecule has 0 spiro atoms.